The molecule has 5 nitrogen and oxygen atoms in total. The van der Waals surface area contributed by atoms with E-state index in [1.54, 1.807) is 0 Å². The largest absolute Gasteiger partial charge is 0.359 e. The average Bonchev–Trinajstić information content (AvgIpc) is 2.35. The van der Waals surface area contributed by atoms with Crippen LogP contribution in [0.3, 0.4) is 0 Å². The van der Waals surface area contributed by atoms with Gasteiger partial charge in [0.05, 0.1) is 0 Å². The monoisotopic (exact) mass is 265 g/mol. The lowest BCUT2D eigenvalue weighted by Gasteiger charge is -2.23. The van der Waals surface area contributed by atoms with Crippen molar-refractivity contribution in [3.63, 3.8) is 0 Å². The van der Waals surface area contributed by atoms with E-state index in [0.717, 1.165) is 30.2 Å². The van der Waals surface area contributed by atoms with Crippen molar-refractivity contribution in [2.75, 3.05) is 23.9 Å². The van der Waals surface area contributed by atoms with Gasteiger partial charge in [-0.15, -0.1) is 0 Å². The van der Waals surface area contributed by atoms with Crippen molar-refractivity contribution in [2.45, 2.75) is 47.0 Å². The number of nitrogens with one attached hydrogen (secondary N) is 1. The number of nitrogens with two attached hydrogens (primary N) is 1. The number of rotatable bonds is 6. The van der Waals surface area contributed by atoms with Crippen molar-refractivity contribution < 1.29 is 0 Å². The molecule has 0 amide bonds. The Morgan fingerprint density at radius 1 is 1.21 bits per heavy atom. The summed E-state index contributed by atoms with van der Waals surface area (Å²) in [6, 6.07) is 0. The zero-order valence-electron chi connectivity index (χ0n) is 13.0. The first-order valence-electron chi connectivity index (χ1n) is 6.93. The highest BCUT2D eigenvalue weighted by Gasteiger charge is 2.15. The summed E-state index contributed by atoms with van der Waals surface area (Å²) in [7, 11) is 2.07. The first kappa shape index (κ1) is 15.7. The van der Waals surface area contributed by atoms with E-state index in [-0.39, 0.29) is 5.92 Å². The van der Waals surface area contributed by atoms with Crippen LogP contribution in [0, 0.1) is 12.8 Å². The van der Waals surface area contributed by atoms with Crippen LogP contribution in [0.2, 0.25) is 0 Å². The van der Waals surface area contributed by atoms with Crippen LogP contribution in [0.4, 0.5) is 11.6 Å². The molecule has 0 saturated heterocycles. The third-order valence-electron chi connectivity index (χ3n) is 3.19. The lowest BCUT2D eigenvalue weighted by atomic mass is 10.1. The van der Waals surface area contributed by atoms with Crippen LogP contribution in [-0.2, 0) is 0 Å². The Balaban J connectivity index is 3.07. The second kappa shape index (κ2) is 6.70. The quantitative estimate of drug-likeness (QED) is 0.611. The molecule has 1 heterocycles. The molecule has 0 saturated carbocycles. The molecule has 0 bridgehead atoms. The Kier molecular flexibility index (Phi) is 5.54. The van der Waals surface area contributed by atoms with E-state index in [9.17, 15) is 0 Å². The Morgan fingerprint density at radius 3 is 2.32 bits per heavy atom. The van der Waals surface area contributed by atoms with Crippen molar-refractivity contribution >= 4 is 11.6 Å². The van der Waals surface area contributed by atoms with Crippen molar-refractivity contribution in [3.8, 4) is 0 Å². The van der Waals surface area contributed by atoms with E-state index in [2.05, 4.69) is 55.0 Å². The van der Waals surface area contributed by atoms with Gasteiger partial charge in [0, 0.05) is 25.1 Å². The summed E-state index contributed by atoms with van der Waals surface area (Å²) in [6.45, 7) is 11.6. The first-order chi connectivity index (χ1) is 8.86. The molecule has 0 aliphatic heterocycles. The molecule has 0 aliphatic carbocycles. The molecular weight excluding hydrogens is 238 g/mol. The fraction of sp³-hybridized carbons (Fsp3) is 0.714. The Hall–Kier alpha value is -1.36. The summed E-state index contributed by atoms with van der Waals surface area (Å²) >= 11 is 0. The predicted molar refractivity (Wildman–Crippen MR) is 81.4 cm³/mol. The minimum Gasteiger partial charge on any atom is -0.359 e. The van der Waals surface area contributed by atoms with Crippen LogP contribution < -0.4 is 16.2 Å². The van der Waals surface area contributed by atoms with E-state index < -0.39 is 0 Å². The van der Waals surface area contributed by atoms with Gasteiger partial charge in [-0.1, -0.05) is 27.7 Å². The molecule has 0 atom stereocenters. The van der Waals surface area contributed by atoms with Crippen LogP contribution >= 0.6 is 0 Å². The second-order valence-corrected chi connectivity index (χ2v) is 5.78. The maximum Gasteiger partial charge on any atom is 0.148 e. The van der Waals surface area contributed by atoms with Crippen LogP contribution in [0.5, 0.6) is 0 Å². The highest BCUT2D eigenvalue weighted by Crippen LogP contribution is 2.25. The highest BCUT2D eigenvalue weighted by molar-refractivity contribution is 5.58. The van der Waals surface area contributed by atoms with Crippen LogP contribution in [0.15, 0.2) is 0 Å². The van der Waals surface area contributed by atoms with E-state index in [0.29, 0.717) is 11.7 Å². The molecule has 5 heteroatoms. The minimum absolute atomic E-state index is 0.282. The fourth-order valence-corrected chi connectivity index (χ4v) is 1.85. The molecule has 1 rings (SSSR count). The van der Waals surface area contributed by atoms with Gasteiger partial charge in [-0.3, -0.25) is 0 Å². The zero-order valence-corrected chi connectivity index (χ0v) is 13.0. The number of nitrogen functional groups attached to an aromatic ring is 1. The van der Waals surface area contributed by atoms with Gasteiger partial charge < -0.3 is 10.3 Å². The molecule has 108 valence electrons. The smallest absolute Gasteiger partial charge is 0.148 e. The summed E-state index contributed by atoms with van der Waals surface area (Å²) in [6.07, 6.45) is 1.14. The van der Waals surface area contributed by atoms with Gasteiger partial charge in [0.2, 0.25) is 0 Å². The van der Waals surface area contributed by atoms with Crippen molar-refractivity contribution in [2.24, 2.45) is 11.8 Å². The third kappa shape index (κ3) is 4.06. The van der Waals surface area contributed by atoms with Gasteiger partial charge in [0.15, 0.2) is 0 Å². The predicted octanol–water partition coefficient (Wildman–Crippen LogP) is 2.68. The lowest BCUT2D eigenvalue weighted by molar-refractivity contribution is 0.582. The normalized spacial score (nSPS) is 11.2. The summed E-state index contributed by atoms with van der Waals surface area (Å²) in [5, 5.41) is 0. The van der Waals surface area contributed by atoms with Crippen molar-refractivity contribution in [1.82, 2.24) is 9.97 Å². The average molecular weight is 265 g/mol. The molecule has 1 aromatic heterocycles. The van der Waals surface area contributed by atoms with E-state index in [4.69, 9.17) is 5.84 Å². The maximum absolute atomic E-state index is 5.55. The van der Waals surface area contributed by atoms with Crippen LogP contribution in [-0.4, -0.2) is 23.6 Å². The molecule has 0 fully saturated rings. The molecule has 3 N–H and O–H groups in total. The molecule has 1 aromatic rings. The second-order valence-electron chi connectivity index (χ2n) is 5.78. The summed E-state index contributed by atoms with van der Waals surface area (Å²) in [5.74, 6) is 9.02. The van der Waals surface area contributed by atoms with Crippen molar-refractivity contribution in [3.05, 3.63) is 11.4 Å². The van der Waals surface area contributed by atoms with Gasteiger partial charge in [-0.25, -0.2) is 15.8 Å². The third-order valence-corrected chi connectivity index (χ3v) is 3.19. The van der Waals surface area contributed by atoms with Gasteiger partial charge >= 0.3 is 0 Å². The maximum atomic E-state index is 5.55. The number of nitrogens with zero attached hydrogens (tertiary/aromatic N) is 3. The Labute approximate surface area is 116 Å². The first-order valence-corrected chi connectivity index (χ1v) is 6.93. The summed E-state index contributed by atoms with van der Waals surface area (Å²) in [5.41, 5.74) is 3.67. The SMILES string of the molecule is Cc1c(NN)nc(C(C)C)nc1N(C)CCC(C)C. The van der Waals surface area contributed by atoms with Gasteiger partial charge in [-0.2, -0.15) is 0 Å². The molecule has 0 unspecified atom stereocenters. The zero-order chi connectivity index (χ0) is 14.6. The summed E-state index contributed by atoms with van der Waals surface area (Å²) < 4.78 is 0. The topological polar surface area (TPSA) is 67.1 Å². The standard InChI is InChI=1S/C14H27N5/c1-9(2)7-8-19(6)14-11(5)13(18-15)16-12(17-14)10(3)4/h9-10H,7-8,15H2,1-6H3,(H,16,17,18). The lowest BCUT2D eigenvalue weighted by Crippen LogP contribution is -2.24. The van der Waals surface area contributed by atoms with Gasteiger partial charge in [0.1, 0.15) is 17.5 Å². The molecule has 19 heavy (non-hydrogen) atoms. The van der Waals surface area contributed by atoms with E-state index in [1.807, 2.05) is 6.92 Å². The number of anilines is 2. The highest BCUT2D eigenvalue weighted by atomic mass is 15.3. The molecule has 0 aromatic carbocycles. The van der Waals surface area contributed by atoms with Crippen LogP contribution in [0.25, 0.3) is 0 Å². The molecule has 0 aliphatic rings. The Bertz CT molecular complexity index is 415. The molecule has 0 radical (unpaired) electrons. The number of hydrogen-bond donors (Lipinski definition) is 2. The van der Waals surface area contributed by atoms with Gasteiger partial charge in [0.25, 0.3) is 0 Å². The number of hydrazine groups is 1. The van der Waals surface area contributed by atoms with Gasteiger partial charge in [-0.05, 0) is 19.3 Å². The van der Waals surface area contributed by atoms with E-state index >= 15 is 0 Å². The van der Waals surface area contributed by atoms with Crippen molar-refractivity contribution in [1.29, 1.82) is 0 Å². The fourth-order valence-electron chi connectivity index (χ4n) is 1.85. The summed E-state index contributed by atoms with van der Waals surface area (Å²) in [4.78, 5) is 11.3. The number of hydrogen-bond acceptors (Lipinski definition) is 5. The molecular formula is C14H27N5. The number of aromatic nitrogens is 2. The van der Waals surface area contributed by atoms with Crippen LogP contribution in [0.1, 0.15) is 51.4 Å². The molecule has 0 spiro atoms. The Morgan fingerprint density at radius 2 is 1.84 bits per heavy atom. The van der Waals surface area contributed by atoms with E-state index in [1.165, 1.54) is 0 Å². The minimum atomic E-state index is 0.282.